The molecule has 1 rings (SSSR count). The molecule has 5 heteroatoms. The molecule has 1 aliphatic heterocycles. The highest BCUT2D eigenvalue weighted by atomic mass is 32.2. The van der Waals surface area contributed by atoms with Crippen molar-refractivity contribution in [2.45, 2.75) is 30.3 Å². The van der Waals surface area contributed by atoms with Gasteiger partial charge in [0, 0.05) is 5.25 Å². The lowest BCUT2D eigenvalue weighted by atomic mass is 10.0. The minimum Gasteiger partial charge on any atom is -0.305 e. The first kappa shape index (κ1) is 10.2. The van der Waals surface area contributed by atoms with Gasteiger partial charge in [0.25, 0.3) is 0 Å². The van der Waals surface area contributed by atoms with Crippen LogP contribution in [-0.4, -0.2) is 30.3 Å². The number of hydrogen-bond donors (Lipinski definition) is 1. The number of nitrogens with one attached hydrogen (secondary N) is 1. The Morgan fingerprint density at radius 3 is 2.50 bits per heavy atom. The van der Waals surface area contributed by atoms with E-state index in [4.69, 9.17) is 0 Å². The molecule has 0 spiro atoms. The normalized spacial score (nSPS) is 32.0. The zero-order chi connectivity index (χ0) is 9.19. The summed E-state index contributed by atoms with van der Waals surface area (Å²) in [6, 6.07) is -1.30. The second-order valence-corrected chi connectivity index (χ2v) is 3.97. The molecule has 1 N–H and O–H groups in total. The van der Waals surface area contributed by atoms with Crippen LogP contribution in [-0.2, 0) is 0 Å². The fourth-order valence-electron chi connectivity index (χ4n) is 1.44. The van der Waals surface area contributed by atoms with E-state index < -0.39 is 12.2 Å². The van der Waals surface area contributed by atoms with Crippen LogP contribution in [0.1, 0.15) is 12.8 Å². The van der Waals surface area contributed by atoms with Crippen molar-refractivity contribution in [2.24, 2.45) is 0 Å². The van der Waals surface area contributed by atoms with E-state index in [1.54, 1.807) is 6.26 Å². The first-order chi connectivity index (χ1) is 5.55. The molecule has 0 bridgehead atoms. The van der Waals surface area contributed by atoms with E-state index in [0.29, 0.717) is 13.0 Å². The molecule has 1 fully saturated rings. The summed E-state index contributed by atoms with van der Waals surface area (Å²) in [5, 5.41) is 2.21. The van der Waals surface area contributed by atoms with Crippen molar-refractivity contribution >= 4 is 11.8 Å². The summed E-state index contributed by atoms with van der Waals surface area (Å²) >= 11 is 1.30. The minimum absolute atomic E-state index is 0.307. The second kappa shape index (κ2) is 3.87. The Hall–Kier alpha value is 0.100. The summed E-state index contributed by atoms with van der Waals surface area (Å²) in [6.07, 6.45) is -0.846. The molecular formula is C7H12F3NS. The van der Waals surface area contributed by atoms with Crippen molar-refractivity contribution in [1.29, 1.82) is 0 Å². The zero-order valence-electron chi connectivity index (χ0n) is 6.82. The van der Waals surface area contributed by atoms with Crippen LogP contribution in [0.2, 0.25) is 0 Å². The van der Waals surface area contributed by atoms with Crippen molar-refractivity contribution in [3.05, 3.63) is 0 Å². The summed E-state index contributed by atoms with van der Waals surface area (Å²) in [6.45, 7) is 0.487. The quantitative estimate of drug-likeness (QED) is 0.693. The van der Waals surface area contributed by atoms with E-state index in [-0.39, 0.29) is 5.25 Å². The first-order valence-electron chi connectivity index (χ1n) is 3.88. The van der Waals surface area contributed by atoms with Crippen LogP contribution in [0.25, 0.3) is 0 Å². The van der Waals surface area contributed by atoms with Gasteiger partial charge in [-0.15, -0.1) is 0 Å². The third kappa shape index (κ3) is 2.29. The monoisotopic (exact) mass is 199 g/mol. The lowest BCUT2D eigenvalue weighted by Gasteiger charge is -2.32. The molecule has 0 aliphatic carbocycles. The first-order valence-corrected chi connectivity index (χ1v) is 5.17. The highest BCUT2D eigenvalue weighted by Gasteiger charge is 2.45. The van der Waals surface area contributed by atoms with E-state index in [9.17, 15) is 13.2 Å². The molecule has 1 heterocycles. The Labute approximate surface area is 74.1 Å². The van der Waals surface area contributed by atoms with Gasteiger partial charge in [-0.1, -0.05) is 0 Å². The summed E-state index contributed by atoms with van der Waals surface area (Å²) in [4.78, 5) is 0. The van der Waals surface area contributed by atoms with E-state index in [2.05, 4.69) is 5.32 Å². The number of halogens is 3. The second-order valence-electron chi connectivity index (χ2n) is 2.89. The van der Waals surface area contributed by atoms with E-state index in [1.165, 1.54) is 11.8 Å². The fraction of sp³-hybridized carbons (Fsp3) is 1.00. The summed E-state index contributed by atoms with van der Waals surface area (Å²) in [7, 11) is 0. The molecule has 0 aromatic rings. The summed E-state index contributed by atoms with van der Waals surface area (Å²) in [5.41, 5.74) is 0. The van der Waals surface area contributed by atoms with E-state index in [0.717, 1.165) is 6.42 Å². The van der Waals surface area contributed by atoms with Gasteiger partial charge in [0.1, 0.15) is 6.04 Å². The Morgan fingerprint density at radius 2 is 2.08 bits per heavy atom. The SMILES string of the molecule is CS[C@@H]1CCCN[C@@H]1C(F)(F)F. The van der Waals surface area contributed by atoms with Gasteiger partial charge in [0.05, 0.1) is 0 Å². The largest absolute Gasteiger partial charge is 0.404 e. The van der Waals surface area contributed by atoms with Crippen molar-refractivity contribution in [3.63, 3.8) is 0 Å². The van der Waals surface area contributed by atoms with Crippen molar-refractivity contribution in [2.75, 3.05) is 12.8 Å². The van der Waals surface area contributed by atoms with Crippen LogP contribution >= 0.6 is 11.8 Å². The Balaban J connectivity index is 2.59. The molecule has 72 valence electrons. The molecule has 0 amide bonds. The number of rotatable bonds is 1. The Kier molecular flexibility index (Phi) is 3.29. The maximum Gasteiger partial charge on any atom is 0.404 e. The molecule has 12 heavy (non-hydrogen) atoms. The summed E-state index contributed by atoms with van der Waals surface area (Å²) in [5.74, 6) is 0. The highest BCUT2D eigenvalue weighted by Crippen LogP contribution is 2.31. The molecule has 1 nitrogen and oxygen atoms in total. The van der Waals surface area contributed by atoms with Crippen molar-refractivity contribution in [3.8, 4) is 0 Å². The van der Waals surface area contributed by atoms with Gasteiger partial charge in [0.2, 0.25) is 0 Å². The topological polar surface area (TPSA) is 12.0 Å². The minimum atomic E-state index is -4.09. The van der Waals surface area contributed by atoms with Crippen LogP contribution in [0.3, 0.4) is 0 Å². The zero-order valence-corrected chi connectivity index (χ0v) is 7.63. The van der Waals surface area contributed by atoms with Crippen LogP contribution in [0.5, 0.6) is 0 Å². The highest BCUT2D eigenvalue weighted by molar-refractivity contribution is 7.99. The van der Waals surface area contributed by atoms with Crippen LogP contribution in [0.4, 0.5) is 13.2 Å². The molecule has 0 radical (unpaired) electrons. The van der Waals surface area contributed by atoms with Crippen LogP contribution < -0.4 is 5.32 Å². The Morgan fingerprint density at radius 1 is 1.42 bits per heavy atom. The molecule has 2 atom stereocenters. The Bertz CT molecular complexity index is 148. The molecule has 0 aromatic carbocycles. The van der Waals surface area contributed by atoms with Gasteiger partial charge in [-0.25, -0.2) is 0 Å². The molecule has 0 unspecified atom stereocenters. The standard InChI is InChI=1S/C7H12F3NS/c1-12-5-3-2-4-11-6(5)7(8,9)10/h5-6,11H,2-4H2,1H3/t5-,6+/m1/s1. The molecule has 0 saturated carbocycles. The van der Waals surface area contributed by atoms with Gasteiger partial charge in [-0.3, -0.25) is 0 Å². The third-order valence-electron chi connectivity index (χ3n) is 2.06. The maximum atomic E-state index is 12.3. The molecular weight excluding hydrogens is 187 g/mol. The number of piperidine rings is 1. The van der Waals surface area contributed by atoms with Gasteiger partial charge >= 0.3 is 6.18 Å². The lowest BCUT2D eigenvalue weighted by molar-refractivity contribution is -0.158. The maximum absolute atomic E-state index is 12.3. The summed E-state index contributed by atoms with van der Waals surface area (Å²) < 4.78 is 36.9. The molecule has 0 aromatic heterocycles. The predicted molar refractivity (Wildman–Crippen MR) is 44.4 cm³/mol. The third-order valence-corrected chi connectivity index (χ3v) is 3.17. The van der Waals surface area contributed by atoms with Crippen molar-refractivity contribution in [1.82, 2.24) is 5.32 Å². The van der Waals surface area contributed by atoms with E-state index >= 15 is 0 Å². The number of alkyl halides is 3. The molecule has 1 saturated heterocycles. The van der Waals surface area contributed by atoms with Gasteiger partial charge < -0.3 is 5.32 Å². The van der Waals surface area contributed by atoms with Gasteiger partial charge in [-0.2, -0.15) is 24.9 Å². The lowest BCUT2D eigenvalue weighted by Crippen LogP contribution is -2.52. The fourth-order valence-corrected chi connectivity index (χ4v) is 2.36. The van der Waals surface area contributed by atoms with Crippen LogP contribution in [0, 0.1) is 0 Å². The average molecular weight is 199 g/mol. The average Bonchev–Trinajstić information content (AvgIpc) is 2.03. The van der Waals surface area contributed by atoms with E-state index in [1.807, 2.05) is 0 Å². The molecule has 1 aliphatic rings. The van der Waals surface area contributed by atoms with Gasteiger partial charge in [0.15, 0.2) is 0 Å². The van der Waals surface area contributed by atoms with Crippen LogP contribution in [0.15, 0.2) is 0 Å². The van der Waals surface area contributed by atoms with Gasteiger partial charge in [-0.05, 0) is 25.6 Å². The smallest absolute Gasteiger partial charge is 0.305 e. The number of thioether (sulfide) groups is 1. The number of hydrogen-bond acceptors (Lipinski definition) is 2. The predicted octanol–water partition coefficient (Wildman–Crippen LogP) is 2.03. The van der Waals surface area contributed by atoms with Crippen molar-refractivity contribution < 1.29 is 13.2 Å².